The summed E-state index contributed by atoms with van der Waals surface area (Å²) in [6, 6.07) is 10.6. The Kier molecular flexibility index (Phi) is 36.2. The fourth-order valence-electron chi connectivity index (χ4n) is 1.02. The largest absolute Gasteiger partial charge is 0.0776 e. The lowest BCUT2D eigenvalue weighted by molar-refractivity contribution is 0.733. The second-order valence-electron chi connectivity index (χ2n) is 3.43. The van der Waals surface area contributed by atoms with Crippen molar-refractivity contribution in [2.45, 2.75) is 76.2 Å². The normalized spacial score (nSPS) is 8.71. The van der Waals surface area contributed by atoms with Gasteiger partial charge >= 0.3 is 0 Å². The van der Waals surface area contributed by atoms with Gasteiger partial charge in [-0.05, 0) is 17.9 Å². The molecule has 0 aliphatic carbocycles. The summed E-state index contributed by atoms with van der Waals surface area (Å²) in [5, 5.41) is 0. The molecule has 0 aliphatic heterocycles. The van der Waals surface area contributed by atoms with Crippen molar-refractivity contribution in [2.24, 2.45) is 0 Å². The molecular formula is C17H38. The Labute approximate surface area is 112 Å². The van der Waals surface area contributed by atoms with E-state index in [0.717, 1.165) is 0 Å². The fraction of sp³-hybridized carbons (Fsp3) is 0.647. The highest BCUT2D eigenvalue weighted by molar-refractivity contribution is 5.18. The van der Waals surface area contributed by atoms with Gasteiger partial charge in [0.05, 0.1) is 0 Å². The summed E-state index contributed by atoms with van der Waals surface area (Å²) in [7, 11) is 0. The van der Waals surface area contributed by atoms with Gasteiger partial charge in [-0.15, -0.1) is 0 Å². The Morgan fingerprint density at radius 3 is 1.47 bits per heavy atom. The molecule has 0 nitrogen and oxygen atoms in total. The Morgan fingerprint density at radius 2 is 1.18 bits per heavy atom. The molecule has 106 valence electrons. The maximum absolute atomic E-state index is 2.26. The number of rotatable bonds is 2. The van der Waals surface area contributed by atoms with E-state index in [2.05, 4.69) is 58.0 Å². The van der Waals surface area contributed by atoms with Crippen molar-refractivity contribution in [1.29, 1.82) is 0 Å². The third-order valence-corrected chi connectivity index (χ3v) is 1.98. The van der Waals surface area contributed by atoms with E-state index in [9.17, 15) is 0 Å². The molecule has 0 bridgehead atoms. The molecule has 0 saturated heterocycles. The van der Waals surface area contributed by atoms with Crippen molar-refractivity contribution in [2.75, 3.05) is 0 Å². The average molecular weight is 242 g/mol. The Morgan fingerprint density at radius 1 is 0.824 bits per heavy atom. The molecule has 1 rings (SSSR count). The molecular weight excluding hydrogens is 204 g/mol. The summed E-state index contributed by atoms with van der Waals surface area (Å²) >= 11 is 0. The first-order chi connectivity index (χ1) is 6.26. The zero-order valence-corrected chi connectivity index (χ0v) is 9.38. The summed E-state index contributed by atoms with van der Waals surface area (Å²) in [6.45, 7) is 8.73. The molecule has 1 aromatic rings. The Bertz CT molecular complexity index is 188. The molecule has 0 saturated carbocycles. The average Bonchev–Trinajstić information content (AvgIpc) is 2.19. The summed E-state index contributed by atoms with van der Waals surface area (Å²) in [5.74, 6) is 0.709. The first kappa shape index (κ1) is 29.8. The van der Waals surface area contributed by atoms with Gasteiger partial charge in [-0.2, -0.15) is 0 Å². The van der Waals surface area contributed by atoms with Gasteiger partial charge in [0.25, 0.3) is 0 Å². The highest BCUT2D eigenvalue weighted by atomic mass is 14.0. The maximum Gasteiger partial charge on any atom is -0.0193 e. The molecule has 0 aliphatic rings. The quantitative estimate of drug-likeness (QED) is 0.516. The van der Waals surface area contributed by atoms with Crippen LogP contribution in [-0.4, -0.2) is 0 Å². The predicted octanol–water partition coefficient (Wildman–Crippen LogP) is 7.16. The molecule has 1 unspecified atom stereocenters. The minimum Gasteiger partial charge on any atom is -0.0776 e. The van der Waals surface area contributed by atoms with Crippen LogP contribution in [0.5, 0.6) is 0 Å². The summed E-state index contributed by atoms with van der Waals surface area (Å²) < 4.78 is 0. The molecule has 0 fully saturated rings. The zero-order chi connectivity index (χ0) is 10.1. The second-order valence-corrected chi connectivity index (χ2v) is 3.43. The molecule has 0 heterocycles. The van der Waals surface area contributed by atoms with Crippen LogP contribution in [0.15, 0.2) is 30.3 Å². The Balaban J connectivity index is -0.0000000629. The van der Waals surface area contributed by atoms with Crippen molar-refractivity contribution in [3.05, 3.63) is 35.9 Å². The molecule has 0 heteroatoms. The number of benzene rings is 1. The van der Waals surface area contributed by atoms with Gasteiger partial charge in [-0.3, -0.25) is 0 Å². The maximum atomic E-state index is 2.26. The second kappa shape index (κ2) is 20.6. The van der Waals surface area contributed by atoms with Gasteiger partial charge in [-0.1, -0.05) is 94.2 Å². The SMILES string of the molecule is C.C.C.C.CCC.CCC(C)c1ccccc1. The summed E-state index contributed by atoms with van der Waals surface area (Å²) in [6.07, 6.45) is 2.48. The Hall–Kier alpha value is -0.780. The van der Waals surface area contributed by atoms with E-state index in [4.69, 9.17) is 0 Å². The van der Waals surface area contributed by atoms with Gasteiger partial charge in [0, 0.05) is 0 Å². The van der Waals surface area contributed by atoms with Gasteiger partial charge in [0.15, 0.2) is 0 Å². The van der Waals surface area contributed by atoms with E-state index in [-0.39, 0.29) is 29.7 Å². The summed E-state index contributed by atoms with van der Waals surface area (Å²) in [4.78, 5) is 0. The van der Waals surface area contributed by atoms with Gasteiger partial charge in [-0.25, -0.2) is 0 Å². The van der Waals surface area contributed by atoms with E-state index >= 15 is 0 Å². The van der Waals surface area contributed by atoms with Gasteiger partial charge < -0.3 is 0 Å². The lowest BCUT2D eigenvalue weighted by Crippen LogP contribution is -1.88. The van der Waals surface area contributed by atoms with E-state index in [0.29, 0.717) is 5.92 Å². The van der Waals surface area contributed by atoms with Crippen LogP contribution in [0.4, 0.5) is 0 Å². The predicted molar refractivity (Wildman–Crippen MR) is 88.0 cm³/mol. The first-order valence-electron chi connectivity index (χ1n) is 5.31. The van der Waals surface area contributed by atoms with Crippen LogP contribution in [0.3, 0.4) is 0 Å². The van der Waals surface area contributed by atoms with Gasteiger partial charge in [0.1, 0.15) is 0 Å². The van der Waals surface area contributed by atoms with Crippen LogP contribution in [-0.2, 0) is 0 Å². The van der Waals surface area contributed by atoms with Crippen molar-refractivity contribution in [3.8, 4) is 0 Å². The minimum absolute atomic E-state index is 0. The molecule has 0 radical (unpaired) electrons. The monoisotopic (exact) mass is 242 g/mol. The molecule has 1 aromatic carbocycles. The van der Waals surface area contributed by atoms with E-state index in [1.807, 2.05) is 0 Å². The number of hydrogen-bond donors (Lipinski definition) is 0. The fourth-order valence-corrected chi connectivity index (χ4v) is 1.02. The van der Waals surface area contributed by atoms with Gasteiger partial charge in [0.2, 0.25) is 0 Å². The van der Waals surface area contributed by atoms with Crippen LogP contribution >= 0.6 is 0 Å². The standard InChI is InChI=1S/C10H14.C3H8.4CH4/c1-3-9(2)10-7-5-4-6-8-10;1-3-2;;;;/h4-9H,3H2,1-2H3;3H2,1-2H3;4*1H4. The number of hydrogen-bond acceptors (Lipinski definition) is 0. The minimum atomic E-state index is 0. The molecule has 0 spiro atoms. The third kappa shape index (κ3) is 15.2. The van der Waals surface area contributed by atoms with Crippen molar-refractivity contribution < 1.29 is 0 Å². The molecule has 0 N–H and O–H groups in total. The van der Waals surface area contributed by atoms with Crippen LogP contribution in [0.1, 0.15) is 81.7 Å². The van der Waals surface area contributed by atoms with Crippen LogP contribution in [0.25, 0.3) is 0 Å². The molecule has 1 atom stereocenters. The van der Waals surface area contributed by atoms with Crippen LogP contribution in [0, 0.1) is 0 Å². The first-order valence-corrected chi connectivity index (χ1v) is 5.31. The highest BCUT2D eigenvalue weighted by Gasteiger charge is 1.98. The van der Waals surface area contributed by atoms with E-state index < -0.39 is 0 Å². The smallest absolute Gasteiger partial charge is 0.0193 e. The van der Waals surface area contributed by atoms with Crippen molar-refractivity contribution in [1.82, 2.24) is 0 Å². The molecule has 17 heavy (non-hydrogen) atoms. The lowest BCUT2D eigenvalue weighted by atomic mass is 9.99. The van der Waals surface area contributed by atoms with Crippen molar-refractivity contribution in [3.63, 3.8) is 0 Å². The van der Waals surface area contributed by atoms with E-state index in [1.165, 1.54) is 18.4 Å². The zero-order valence-electron chi connectivity index (χ0n) is 9.38. The third-order valence-electron chi connectivity index (χ3n) is 1.98. The van der Waals surface area contributed by atoms with Crippen LogP contribution in [0.2, 0.25) is 0 Å². The van der Waals surface area contributed by atoms with Crippen LogP contribution < -0.4 is 0 Å². The topological polar surface area (TPSA) is 0 Å². The highest BCUT2D eigenvalue weighted by Crippen LogP contribution is 2.16. The molecule has 0 aromatic heterocycles. The lowest BCUT2D eigenvalue weighted by Gasteiger charge is -2.06. The van der Waals surface area contributed by atoms with Crippen molar-refractivity contribution >= 4 is 0 Å². The summed E-state index contributed by atoms with van der Waals surface area (Å²) in [5.41, 5.74) is 1.45. The van der Waals surface area contributed by atoms with E-state index in [1.54, 1.807) is 0 Å². The molecule has 0 amide bonds.